The standard InChI is InChI=1S/C23H23ClN2O3/c1-15(27)17-4-2-3-16(11-17)14-26-9-7-19(8-10-26)25-21-13-23(28)29-22-6-5-18(24)12-20(21)22/h2-6,11-13,19,25H,7-10,14H2,1H3. The summed E-state index contributed by atoms with van der Waals surface area (Å²) < 4.78 is 5.27. The second-order valence-electron chi connectivity index (χ2n) is 7.57. The fraction of sp³-hybridized carbons (Fsp3) is 0.304. The lowest BCUT2D eigenvalue weighted by Crippen LogP contribution is -2.38. The number of halogens is 1. The van der Waals surface area contributed by atoms with Crippen LogP contribution < -0.4 is 10.9 Å². The van der Waals surface area contributed by atoms with Crippen LogP contribution in [0.2, 0.25) is 5.02 Å². The van der Waals surface area contributed by atoms with Crippen LogP contribution >= 0.6 is 11.6 Å². The predicted octanol–water partition coefficient (Wildman–Crippen LogP) is 4.73. The molecule has 0 spiro atoms. The average molecular weight is 411 g/mol. The smallest absolute Gasteiger partial charge is 0.338 e. The highest BCUT2D eigenvalue weighted by atomic mass is 35.5. The van der Waals surface area contributed by atoms with E-state index in [1.54, 1.807) is 19.1 Å². The topological polar surface area (TPSA) is 62.6 Å². The highest BCUT2D eigenvalue weighted by Crippen LogP contribution is 2.27. The summed E-state index contributed by atoms with van der Waals surface area (Å²) in [6, 6.07) is 14.9. The van der Waals surface area contributed by atoms with Gasteiger partial charge in [0.05, 0.1) is 5.69 Å². The molecule has 1 fully saturated rings. The second-order valence-corrected chi connectivity index (χ2v) is 8.01. The van der Waals surface area contributed by atoms with Gasteiger partial charge in [0, 0.05) is 47.7 Å². The van der Waals surface area contributed by atoms with Gasteiger partial charge in [0.2, 0.25) is 0 Å². The molecule has 0 bridgehead atoms. The van der Waals surface area contributed by atoms with Crippen LogP contribution in [0.1, 0.15) is 35.7 Å². The van der Waals surface area contributed by atoms with E-state index in [2.05, 4.69) is 16.3 Å². The second kappa shape index (κ2) is 8.39. The monoisotopic (exact) mass is 410 g/mol. The third kappa shape index (κ3) is 4.69. The van der Waals surface area contributed by atoms with E-state index in [-0.39, 0.29) is 17.5 Å². The SMILES string of the molecule is CC(=O)c1cccc(CN2CCC(Nc3cc(=O)oc4ccc(Cl)cc34)CC2)c1. The van der Waals surface area contributed by atoms with Crippen molar-refractivity contribution in [2.75, 3.05) is 18.4 Å². The first kappa shape index (κ1) is 19.7. The third-order valence-corrected chi connectivity index (χ3v) is 5.63. The molecule has 1 aliphatic rings. The van der Waals surface area contributed by atoms with Crippen LogP contribution in [0.15, 0.2) is 57.7 Å². The molecular formula is C23H23ClN2O3. The molecule has 6 heteroatoms. The quantitative estimate of drug-likeness (QED) is 0.487. The van der Waals surface area contributed by atoms with Gasteiger partial charge in [-0.25, -0.2) is 4.79 Å². The van der Waals surface area contributed by atoms with Crippen LogP contribution in [0.4, 0.5) is 5.69 Å². The Morgan fingerprint density at radius 2 is 1.97 bits per heavy atom. The van der Waals surface area contributed by atoms with Crippen molar-refractivity contribution in [3.05, 3.63) is 75.1 Å². The van der Waals surface area contributed by atoms with Gasteiger partial charge in [-0.3, -0.25) is 9.69 Å². The number of anilines is 1. The Balaban J connectivity index is 1.41. The molecule has 1 N–H and O–H groups in total. The molecule has 2 aromatic carbocycles. The van der Waals surface area contributed by atoms with Crippen molar-refractivity contribution in [3.8, 4) is 0 Å². The van der Waals surface area contributed by atoms with E-state index in [1.807, 2.05) is 24.3 Å². The van der Waals surface area contributed by atoms with Crippen LogP contribution in [-0.4, -0.2) is 29.8 Å². The van der Waals surface area contributed by atoms with Gasteiger partial charge in [0.25, 0.3) is 0 Å². The highest BCUT2D eigenvalue weighted by molar-refractivity contribution is 6.31. The highest BCUT2D eigenvalue weighted by Gasteiger charge is 2.20. The maximum atomic E-state index is 11.9. The van der Waals surface area contributed by atoms with Gasteiger partial charge >= 0.3 is 5.63 Å². The molecule has 1 saturated heterocycles. The number of nitrogens with zero attached hydrogens (tertiary/aromatic N) is 1. The Bertz CT molecular complexity index is 1100. The number of benzene rings is 2. The Hall–Kier alpha value is -2.63. The Morgan fingerprint density at radius 1 is 1.17 bits per heavy atom. The lowest BCUT2D eigenvalue weighted by molar-refractivity contribution is 0.101. The van der Waals surface area contributed by atoms with Crippen molar-refractivity contribution in [1.82, 2.24) is 4.90 Å². The van der Waals surface area contributed by atoms with Crippen molar-refractivity contribution in [2.45, 2.75) is 32.4 Å². The summed E-state index contributed by atoms with van der Waals surface area (Å²) in [5, 5.41) is 4.94. The normalized spacial score (nSPS) is 15.5. The van der Waals surface area contributed by atoms with Gasteiger partial charge in [0.1, 0.15) is 5.58 Å². The molecule has 0 aliphatic carbocycles. The van der Waals surface area contributed by atoms with Crippen molar-refractivity contribution in [1.29, 1.82) is 0 Å². The summed E-state index contributed by atoms with van der Waals surface area (Å²) in [5.41, 5.74) is 2.85. The maximum absolute atomic E-state index is 11.9. The number of carbonyl (C=O) groups excluding carboxylic acids is 1. The summed E-state index contributed by atoms with van der Waals surface area (Å²) in [5.74, 6) is 0.0921. The summed E-state index contributed by atoms with van der Waals surface area (Å²) in [6.07, 6.45) is 1.93. The van der Waals surface area contributed by atoms with Crippen LogP contribution in [0.5, 0.6) is 0 Å². The third-order valence-electron chi connectivity index (χ3n) is 5.39. The fourth-order valence-electron chi connectivity index (χ4n) is 3.86. The molecule has 0 unspecified atom stereocenters. The average Bonchev–Trinajstić information content (AvgIpc) is 2.70. The zero-order valence-electron chi connectivity index (χ0n) is 16.3. The van der Waals surface area contributed by atoms with E-state index in [9.17, 15) is 9.59 Å². The molecule has 150 valence electrons. The number of hydrogen-bond donors (Lipinski definition) is 1. The molecule has 2 heterocycles. The van der Waals surface area contributed by atoms with Crippen LogP contribution in [0.3, 0.4) is 0 Å². The summed E-state index contributed by atoms with van der Waals surface area (Å²) in [6.45, 7) is 4.32. The number of piperidine rings is 1. The van der Waals surface area contributed by atoms with E-state index in [0.717, 1.165) is 54.7 Å². The number of fused-ring (bicyclic) bond motifs is 1. The molecule has 0 saturated carbocycles. The molecule has 0 radical (unpaired) electrons. The minimum Gasteiger partial charge on any atom is -0.423 e. The van der Waals surface area contributed by atoms with Gasteiger partial charge in [-0.1, -0.05) is 29.8 Å². The fourth-order valence-corrected chi connectivity index (χ4v) is 4.03. The first-order valence-electron chi connectivity index (χ1n) is 9.80. The van der Waals surface area contributed by atoms with E-state index < -0.39 is 0 Å². The minimum absolute atomic E-state index is 0.0921. The van der Waals surface area contributed by atoms with Crippen LogP contribution in [0, 0.1) is 0 Å². The van der Waals surface area contributed by atoms with Gasteiger partial charge in [0.15, 0.2) is 5.78 Å². The molecule has 0 amide bonds. The molecule has 1 aliphatic heterocycles. The lowest BCUT2D eigenvalue weighted by Gasteiger charge is -2.33. The van der Waals surface area contributed by atoms with Crippen molar-refractivity contribution in [2.24, 2.45) is 0 Å². The van der Waals surface area contributed by atoms with Gasteiger partial charge < -0.3 is 9.73 Å². The Labute approximate surface area is 174 Å². The zero-order chi connectivity index (χ0) is 20.4. The molecule has 3 aromatic rings. The largest absolute Gasteiger partial charge is 0.423 e. The van der Waals surface area contributed by atoms with Gasteiger partial charge in [-0.2, -0.15) is 0 Å². The molecule has 29 heavy (non-hydrogen) atoms. The predicted molar refractivity (Wildman–Crippen MR) is 116 cm³/mol. The van der Waals surface area contributed by atoms with Gasteiger partial charge in [-0.15, -0.1) is 0 Å². The Morgan fingerprint density at radius 3 is 2.72 bits per heavy atom. The molecule has 0 atom stereocenters. The summed E-state index contributed by atoms with van der Waals surface area (Å²) >= 11 is 6.12. The number of Topliss-reactive ketones (excluding diaryl/α,β-unsaturated/α-hetero) is 1. The van der Waals surface area contributed by atoms with E-state index in [0.29, 0.717) is 10.6 Å². The van der Waals surface area contributed by atoms with Crippen LogP contribution in [-0.2, 0) is 6.54 Å². The zero-order valence-corrected chi connectivity index (χ0v) is 17.0. The van der Waals surface area contributed by atoms with Crippen LogP contribution in [0.25, 0.3) is 11.0 Å². The maximum Gasteiger partial charge on any atom is 0.338 e. The molecular weight excluding hydrogens is 388 g/mol. The minimum atomic E-state index is -0.370. The molecule has 5 nitrogen and oxygen atoms in total. The number of likely N-dealkylation sites (tertiary alicyclic amines) is 1. The van der Waals surface area contributed by atoms with E-state index >= 15 is 0 Å². The van der Waals surface area contributed by atoms with E-state index in [1.165, 1.54) is 6.07 Å². The molecule has 1 aromatic heterocycles. The van der Waals surface area contributed by atoms with Gasteiger partial charge in [-0.05, 0) is 49.6 Å². The van der Waals surface area contributed by atoms with Crippen molar-refractivity contribution in [3.63, 3.8) is 0 Å². The van der Waals surface area contributed by atoms with Crippen molar-refractivity contribution >= 4 is 34.0 Å². The number of ketones is 1. The summed E-state index contributed by atoms with van der Waals surface area (Å²) in [7, 11) is 0. The Kier molecular flexibility index (Phi) is 5.69. The lowest BCUT2D eigenvalue weighted by atomic mass is 10.0. The first-order valence-corrected chi connectivity index (χ1v) is 10.2. The molecule has 4 rings (SSSR count). The van der Waals surface area contributed by atoms with E-state index in [4.69, 9.17) is 16.0 Å². The van der Waals surface area contributed by atoms with Crippen molar-refractivity contribution < 1.29 is 9.21 Å². The first-order chi connectivity index (χ1) is 14.0. The summed E-state index contributed by atoms with van der Waals surface area (Å²) in [4.78, 5) is 25.9. The number of carbonyl (C=O) groups is 1. The number of nitrogens with one attached hydrogen (secondary N) is 1. The number of rotatable bonds is 5. The number of hydrogen-bond acceptors (Lipinski definition) is 5.